The van der Waals surface area contributed by atoms with Crippen molar-refractivity contribution < 1.29 is 4.74 Å². The molecule has 1 aromatic carbocycles. The summed E-state index contributed by atoms with van der Waals surface area (Å²) in [5.74, 6) is 0. The van der Waals surface area contributed by atoms with Gasteiger partial charge in [0.05, 0.1) is 12.2 Å². The molecule has 2 atom stereocenters. The normalized spacial score (nSPS) is 27.1. The van der Waals surface area contributed by atoms with Crippen molar-refractivity contribution in [1.82, 2.24) is 0 Å². The zero-order valence-electron chi connectivity index (χ0n) is 12.3. The molecule has 3 heteroatoms. The van der Waals surface area contributed by atoms with Crippen molar-refractivity contribution in [3.63, 3.8) is 0 Å². The zero-order valence-corrected chi connectivity index (χ0v) is 13.1. The van der Waals surface area contributed by atoms with Crippen molar-refractivity contribution in [2.45, 2.75) is 67.8 Å². The van der Waals surface area contributed by atoms with Gasteiger partial charge in [-0.15, -0.1) is 11.8 Å². The quantitative estimate of drug-likeness (QED) is 0.849. The van der Waals surface area contributed by atoms with Gasteiger partial charge in [-0.25, -0.2) is 0 Å². The molecule has 0 amide bonds. The second-order valence-electron chi connectivity index (χ2n) is 6.05. The Morgan fingerprint density at radius 1 is 1.15 bits per heavy atom. The Morgan fingerprint density at radius 3 is 2.70 bits per heavy atom. The van der Waals surface area contributed by atoms with Gasteiger partial charge in [0.1, 0.15) is 0 Å². The van der Waals surface area contributed by atoms with E-state index in [0.717, 1.165) is 11.8 Å². The van der Waals surface area contributed by atoms with E-state index in [2.05, 4.69) is 48.3 Å². The van der Waals surface area contributed by atoms with E-state index in [-0.39, 0.29) is 0 Å². The molecule has 110 valence electrons. The van der Waals surface area contributed by atoms with Gasteiger partial charge in [-0.1, -0.05) is 25.0 Å². The number of para-hydroxylation sites is 1. The zero-order chi connectivity index (χ0) is 13.8. The van der Waals surface area contributed by atoms with Crippen LogP contribution in [0.15, 0.2) is 29.2 Å². The minimum Gasteiger partial charge on any atom is -0.382 e. The van der Waals surface area contributed by atoms with Crippen LogP contribution in [-0.4, -0.2) is 24.0 Å². The topological polar surface area (TPSA) is 21.3 Å². The van der Waals surface area contributed by atoms with E-state index in [0.29, 0.717) is 12.2 Å². The van der Waals surface area contributed by atoms with Gasteiger partial charge in [0, 0.05) is 22.4 Å². The Morgan fingerprint density at radius 2 is 1.95 bits per heavy atom. The standard InChI is InChI=1S/C17H25NOS/c1-13-10-11-14(19-13)12-18-16-8-4-5-9-17(16)20-15-6-2-3-7-15/h4-5,8-9,13-15,18H,2-3,6-7,10-12H2,1H3. The molecular weight excluding hydrogens is 266 g/mol. The number of thioether (sulfide) groups is 1. The Balaban J connectivity index is 1.57. The highest BCUT2D eigenvalue weighted by atomic mass is 32.2. The summed E-state index contributed by atoms with van der Waals surface area (Å²) in [6, 6.07) is 8.73. The second-order valence-corrected chi connectivity index (χ2v) is 7.39. The molecule has 1 aliphatic carbocycles. The Hall–Kier alpha value is -0.670. The van der Waals surface area contributed by atoms with E-state index < -0.39 is 0 Å². The molecule has 1 aromatic rings. The first kappa shape index (κ1) is 14.3. The first-order valence-electron chi connectivity index (χ1n) is 7.96. The van der Waals surface area contributed by atoms with Gasteiger partial charge >= 0.3 is 0 Å². The van der Waals surface area contributed by atoms with E-state index in [1.807, 2.05) is 0 Å². The lowest BCUT2D eigenvalue weighted by molar-refractivity contribution is 0.0636. The summed E-state index contributed by atoms with van der Waals surface area (Å²) >= 11 is 2.06. The molecular formula is C17H25NOS. The molecule has 1 aliphatic heterocycles. The summed E-state index contributed by atoms with van der Waals surface area (Å²) in [5.41, 5.74) is 1.28. The van der Waals surface area contributed by atoms with E-state index >= 15 is 0 Å². The van der Waals surface area contributed by atoms with Crippen molar-refractivity contribution in [1.29, 1.82) is 0 Å². The van der Waals surface area contributed by atoms with E-state index in [9.17, 15) is 0 Å². The highest BCUT2D eigenvalue weighted by Gasteiger charge is 2.22. The van der Waals surface area contributed by atoms with Crippen LogP contribution in [0.25, 0.3) is 0 Å². The summed E-state index contributed by atoms with van der Waals surface area (Å²) in [6.07, 6.45) is 8.77. The van der Waals surface area contributed by atoms with Crippen molar-refractivity contribution in [3.05, 3.63) is 24.3 Å². The number of hydrogen-bond donors (Lipinski definition) is 1. The third-order valence-corrected chi connectivity index (χ3v) is 5.74. The van der Waals surface area contributed by atoms with Gasteiger partial charge in [0.15, 0.2) is 0 Å². The lowest BCUT2D eigenvalue weighted by Gasteiger charge is -2.17. The molecule has 0 spiro atoms. The van der Waals surface area contributed by atoms with Crippen molar-refractivity contribution >= 4 is 17.4 Å². The maximum atomic E-state index is 5.89. The third kappa shape index (κ3) is 3.70. The van der Waals surface area contributed by atoms with Crippen molar-refractivity contribution in [3.8, 4) is 0 Å². The number of benzene rings is 1. The van der Waals surface area contributed by atoms with E-state index in [1.54, 1.807) is 0 Å². The lowest BCUT2D eigenvalue weighted by Crippen LogP contribution is -2.20. The summed E-state index contributed by atoms with van der Waals surface area (Å²) in [6.45, 7) is 3.11. The SMILES string of the molecule is CC1CCC(CNc2ccccc2SC2CCCC2)O1. The van der Waals surface area contributed by atoms with Gasteiger partial charge in [-0.3, -0.25) is 0 Å². The average molecular weight is 291 g/mol. The predicted octanol–water partition coefficient (Wildman–Crippen LogP) is 4.70. The number of nitrogens with one attached hydrogen (secondary N) is 1. The predicted molar refractivity (Wildman–Crippen MR) is 86.6 cm³/mol. The van der Waals surface area contributed by atoms with Gasteiger partial charge in [-0.05, 0) is 44.7 Å². The Labute approximate surface area is 126 Å². The van der Waals surface area contributed by atoms with Gasteiger partial charge in [-0.2, -0.15) is 0 Å². The molecule has 2 fully saturated rings. The van der Waals surface area contributed by atoms with E-state index in [4.69, 9.17) is 4.74 Å². The molecule has 1 N–H and O–H groups in total. The molecule has 2 unspecified atom stereocenters. The summed E-state index contributed by atoms with van der Waals surface area (Å²) in [7, 11) is 0. The molecule has 0 radical (unpaired) electrons. The van der Waals surface area contributed by atoms with Crippen LogP contribution in [0.2, 0.25) is 0 Å². The van der Waals surface area contributed by atoms with Crippen molar-refractivity contribution in [2.24, 2.45) is 0 Å². The number of hydrogen-bond acceptors (Lipinski definition) is 3. The van der Waals surface area contributed by atoms with Crippen LogP contribution in [0.3, 0.4) is 0 Å². The minimum absolute atomic E-state index is 0.384. The second kappa shape index (κ2) is 6.86. The van der Waals surface area contributed by atoms with Crippen LogP contribution in [0.1, 0.15) is 45.4 Å². The lowest BCUT2D eigenvalue weighted by atomic mass is 10.2. The third-order valence-electron chi connectivity index (χ3n) is 4.32. The van der Waals surface area contributed by atoms with Crippen LogP contribution in [0.5, 0.6) is 0 Å². The van der Waals surface area contributed by atoms with Gasteiger partial charge in [0.2, 0.25) is 0 Å². The fourth-order valence-corrected chi connectivity index (χ4v) is 4.51. The number of anilines is 1. The van der Waals surface area contributed by atoms with Gasteiger partial charge in [0.25, 0.3) is 0 Å². The summed E-state index contributed by atoms with van der Waals surface area (Å²) < 4.78 is 5.89. The fourth-order valence-electron chi connectivity index (χ4n) is 3.16. The Bertz CT molecular complexity index is 431. The summed E-state index contributed by atoms with van der Waals surface area (Å²) in [5, 5.41) is 4.42. The first-order valence-corrected chi connectivity index (χ1v) is 8.84. The maximum absolute atomic E-state index is 5.89. The van der Waals surface area contributed by atoms with Crippen molar-refractivity contribution in [2.75, 3.05) is 11.9 Å². The maximum Gasteiger partial charge on any atom is 0.0751 e. The van der Waals surface area contributed by atoms with Crippen LogP contribution in [0.4, 0.5) is 5.69 Å². The molecule has 0 bridgehead atoms. The number of ether oxygens (including phenoxy) is 1. The van der Waals surface area contributed by atoms with Crippen LogP contribution < -0.4 is 5.32 Å². The molecule has 1 heterocycles. The molecule has 2 nitrogen and oxygen atoms in total. The monoisotopic (exact) mass is 291 g/mol. The number of rotatable bonds is 5. The molecule has 3 rings (SSSR count). The molecule has 1 saturated heterocycles. The fraction of sp³-hybridized carbons (Fsp3) is 0.647. The van der Waals surface area contributed by atoms with Gasteiger partial charge < -0.3 is 10.1 Å². The largest absolute Gasteiger partial charge is 0.382 e. The molecule has 1 saturated carbocycles. The average Bonchev–Trinajstić information content (AvgIpc) is 3.10. The molecule has 2 aliphatic rings. The van der Waals surface area contributed by atoms with Crippen LogP contribution in [-0.2, 0) is 4.74 Å². The highest BCUT2D eigenvalue weighted by Crippen LogP contribution is 2.38. The first-order chi connectivity index (χ1) is 9.81. The van der Waals surface area contributed by atoms with Crippen LogP contribution >= 0.6 is 11.8 Å². The molecule has 20 heavy (non-hydrogen) atoms. The minimum atomic E-state index is 0.384. The van der Waals surface area contributed by atoms with E-state index in [1.165, 1.54) is 49.1 Å². The highest BCUT2D eigenvalue weighted by molar-refractivity contribution is 8.00. The summed E-state index contributed by atoms with van der Waals surface area (Å²) in [4.78, 5) is 1.41. The smallest absolute Gasteiger partial charge is 0.0751 e. The van der Waals surface area contributed by atoms with Crippen LogP contribution in [0, 0.1) is 0 Å². The molecule has 0 aromatic heterocycles. The Kier molecular flexibility index (Phi) is 4.90.